The molecule has 0 spiro atoms. The molecule has 1 saturated carbocycles. The molecule has 25 heavy (non-hydrogen) atoms. The van der Waals surface area contributed by atoms with Crippen LogP contribution in [0.5, 0.6) is 5.75 Å². The fraction of sp³-hybridized carbons (Fsp3) is 0.333. The van der Waals surface area contributed by atoms with E-state index in [0.29, 0.717) is 12.2 Å². The number of carbonyl (C=O) groups is 2. The molecule has 1 heterocycles. The summed E-state index contributed by atoms with van der Waals surface area (Å²) in [5.41, 5.74) is 1.39. The molecule has 2 aromatic carbocycles. The van der Waals surface area contributed by atoms with Crippen LogP contribution in [0.15, 0.2) is 54.6 Å². The molecule has 4 rings (SSSR count). The van der Waals surface area contributed by atoms with Gasteiger partial charge in [-0.25, -0.2) is 0 Å². The highest BCUT2D eigenvalue weighted by Crippen LogP contribution is 2.44. The quantitative estimate of drug-likeness (QED) is 0.630. The van der Waals surface area contributed by atoms with E-state index in [1.165, 1.54) is 0 Å². The molecule has 1 saturated heterocycles. The average molecular weight is 335 g/mol. The molecular formula is C21H21NO3. The Morgan fingerprint density at radius 1 is 0.960 bits per heavy atom. The summed E-state index contributed by atoms with van der Waals surface area (Å²) in [6.45, 7) is 0.759. The van der Waals surface area contributed by atoms with Crippen molar-refractivity contribution in [3.63, 3.8) is 0 Å². The number of ether oxygens (including phenoxy) is 1. The predicted molar refractivity (Wildman–Crippen MR) is 95.6 cm³/mol. The second-order valence-electron chi connectivity index (χ2n) is 6.83. The van der Waals surface area contributed by atoms with E-state index in [-0.39, 0.29) is 11.9 Å². The molecule has 0 unspecified atom stereocenters. The average Bonchev–Trinajstić information content (AvgIpc) is 3.02. The third-order valence-electron chi connectivity index (χ3n) is 5.36. The second-order valence-corrected chi connectivity index (χ2v) is 6.83. The molecule has 2 aliphatic rings. The topological polar surface area (TPSA) is 46.6 Å². The number of rotatable bonds is 4. The summed E-state index contributed by atoms with van der Waals surface area (Å²) in [5.74, 6) is 0.500. The first-order chi connectivity index (χ1) is 12.2. The lowest BCUT2D eigenvalue weighted by atomic mass is 9.64. The standard InChI is InChI=1S/C21H21NO3/c23-19-8-4-15-22(19)17-9-11-18(12-10-17)25-20(24)21(13-5-14-21)16-6-2-1-3-7-16/h1-3,6-7,9-12H,4-5,8,13-15H2. The van der Waals surface area contributed by atoms with Crippen molar-refractivity contribution in [2.24, 2.45) is 0 Å². The normalized spacial score (nSPS) is 18.7. The molecule has 0 N–H and O–H groups in total. The summed E-state index contributed by atoms with van der Waals surface area (Å²) in [6, 6.07) is 17.1. The van der Waals surface area contributed by atoms with Crippen LogP contribution in [0.4, 0.5) is 5.69 Å². The van der Waals surface area contributed by atoms with Crippen LogP contribution in [0.3, 0.4) is 0 Å². The van der Waals surface area contributed by atoms with Crippen molar-refractivity contribution in [1.29, 1.82) is 0 Å². The van der Waals surface area contributed by atoms with Gasteiger partial charge in [-0.15, -0.1) is 0 Å². The highest BCUT2D eigenvalue weighted by Gasteiger charge is 2.47. The van der Waals surface area contributed by atoms with E-state index in [1.54, 1.807) is 17.0 Å². The molecule has 0 aromatic heterocycles. The lowest BCUT2D eigenvalue weighted by Gasteiger charge is -2.39. The zero-order valence-electron chi connectivity index (χ0n) is 14.1. The maximum atomic E-state index is 12.8. The van der Waals surface area contributed by atoms with Gasteiger partial charge in [0.05, 0.1) is 5.41 Å². The Hall–Kier alpha value is -2.62. The van der Waals surface area contributed by atoms with Gasteiger partial charge in [0.15, 0.2) is 0 Å². The van der Waals surface area contributed by atoms with Crippen LogP contribution in [0.1, 0.15) is 37.7 Å². The van der Waals surface area contributed by atoms with Crippen molar-refractivity contribution in [2.45, 2.75) is 37.5 Å². The minimum Gasteiger partial charge on any atom is -0.426 e. The Morgan fingerprint density at radius 2 is 1.68 bits per heavy atom. The zero-order valence-corrected chi connectivity index (χ0v) is 14.1. The molecule has 0 radical (unpaired) electrons. The first-order valence-electron chi connectivity index (χ1n) is 8.87. The molecule has 2 fully saturated rings. The van der Waals surface area contributed by atoms with Crippen molar-refractivity contribution in [3.05, 3.63) is 60.2 Å². The Bertz CT molecular complexity index is 779. The van der Waals surface area contributed by atoms with E-state index < -0.39 is 5.41 Å². The summed E-state index contributed by atoms with van der Waals surface area (Å²) in [4.78, 5) is 26.4. The van der Waals surface area contributed by atoms with Crippen LogP contribution in [0.2, 0.25) is 0 Å². The predicted octanol–water partition coefficient (Wildman–Crippen LogP) is 3.84. The van der Waals surface area contributed by atoms with Crippen molar-refractivity contribution < 1.29 is 14.3 Å². The molecule has 0 atom stereocenters. The largest absolute Gasteiger partial charge is 0.426 e. The van der Waals surface area contributed by atoms with Gasteiger partial charge in [0.2, 0.25) is 5.91 Å². The second kappa shape index (κ2) is 6.36. The molecule has 1 aliphatic heterocycles. The van der Waals surface area contributed by atoms with Gasteiger partial charge in [-0.1, -0.05) is 36.8 Å². The number of hydrogen-bond acceptors (Lipinski definition) is 3. The summed E-state index contributed by atoms with van der Waals surface area (Å²) in [5, 5.41) is 0. The maximum Gasteiger partial charge on any atom is 0.321 e. The van der Waals surface area contributed by atoms with Gasteiger partial charge >= 0.3 is 5.97 Å². The van der Waals surface area contributed by atoms with E-state index in [1.807, 2.05) is 42.5 Å². The fourth-order valence-corrected chi connectivity index (χ4v) is 3.72. The Kier molecular flexibility index (Phi) is 4.04. The van der Waals surface area contributed by atoms with Gasteiger partial charge in [0, 0.05) is 18.7 Å². The molecule has 0 bridgehead atoms. The number of carbonyl (C=O) groups excluding carboxylic acids is 2. The van der Waals surface area contributed by atoms with E-state index in [9.17, 15) is 9.59 Å². The number of hydrogen-bond donors (Lipinski definition) is 0. The van der Waals surface area contributed by atoms with Crippen LogP contribution >= 0.6 is 0 Å². The zero-order chi connectivity index (χ0) is 17.3. The summed E-state index contributed by atoms with van der Waals surface area (Å²) >= 11 is 0. The fourth-order valence-electron chi connectivity index (χ4n) is 3.72. The lowest BCUT2D eigenvalue weighted by molar-refractivity contribution is -0.144. The maximum absolute atomic E-state index is 12.8. The molecule has 128 valence electrons. The Balaban J connectivity index is 1.50. The van der Waals surface area contributed by atoms with Gasteiger partial charge in [-0.3, -0.25) is 9.59 Å². The molecule has 1 amide bonds. The van der Waals surface area contributed by atoms with Crippen LogP contribution in [0.25, 0.3) is 0 Å². The molecule has 4 nitrogen and oxygen atoms in total. The van der Waals surface area contributed by atoms with Gasteiger partial charge in [0.25, 0.3) is 0 Å². The van der Waals surface area contributed by atoms with Gasteiger partial charge < -0.3 is 9.64 Å². The van der Waals surface area contributed by atoms with E-state index in [4.69, 9.17) is 4.74 Å². The van der Waals surface area contributed by atoms with Gasteiger partial charge in [-0.05, 0) is 49.1 Å². The Labute approximate surface area is 147 Å². The van der Waals surface area contributed by atoms with Crippen molar-refractivity contribution >= 4 is 17.6 Å². The lowest BCUT2D eigenvalue weighted by Crippen LogP contribution is -2.45. The Morgan fingerprint density at radius 3 is 2.24 bits per heavy atom. The van der Waals surface area contributed by atoms with Crippen molar-refractivity contribution in [1.82, 2.24) is 0 Å². The monoisotopic (exact) mass is 335 g/mol. The van der Waals surface area contributed by atoms with Crippen LogP contribution in [-0.4, -0.2) is 18.4 Å². The smallest absolute Gasteiger partial charge is 0.321 e. The first-order valence-corrected chi connectivity index (χ1v) is 8.87. The van der Waals surface area contributed by atoms with Crippen molar-refractivity contribution in [2.75, 3.05) is 11.4 Å². The highest BCUT2D eigenvalue weighted by molar-refractivity contribution is 5.95. The molecular weight excluding hydrogens is 314 g/mol. The third kappa shape index (κ3) is 2.82. The third-order valence-corrected chi connectivity index (χ3v) is 5.36. The minimum atomic E-state index is -0.509. The number of nitrogens with zero attached hydrogens (tertiary/aromatic N) is 1. The molecule has 2 aromatic rings. The summed E-state index contributed by atoms with van der Waals surface area (Å²) < 4.78 is 5.68. The number of esters is 1. The van der Waals surface area contributed by atoms with E-state index in [0.717, 1.165) is 43.5 Å². The van der Waals surface area contributed by atoms with Crippen LogP contribution in [0, 0.1) is 0 Å². The molecule has 1 aliphatic carbocycles. The van der Waals surface area contributed by atoms with Gasteiger partial charge in [-0.2, -0.15) is 0 Å². The van der Waals surface area contributed by atoms with Crippen LogP contribution < -0.4 is 9.64 Å². The number of amides is 1. The highest BCUT2D eigenvalue weighted by atomic mass is 16.5. The number of anilines is 1. The van der Waals surface area contributed by atoms with E-state index >= 15 is 0 Å². The minimum absolute atomic E-state index is 0.155. The molecule has 4 heteroatoms. The van der Waals surface area contributed by atoms with E-state index in [2.05, 4.69) is 0 Å². The van der Waals surface area contributed by atoms with Crippen molar-refractivity contribution in [3.8, 4) is 5.75 Å². The van der Waals surface area contributed by atoms with Gasteiger partial charge in [0.1, 0.15) is 5.75 Å². The number of benzene rings is 2. The SMILES string of the molecule is O=C1CCCN1c1ccc(OC(=O)C2(c3ccccc3)CCC2)cc1. The summed E-state index contributed by atoms with van der Waals surface area (Å²) in [7, 11) is 0. The van der Waals surface area contributed by atoms with Crippen LogP contribution in [-0.2, 0) is 15.0 Å². The summed E-state index contributed by atoms with van der Waals surface area (Å²) in [6.07, 6.45) is 4.21. The first kappa shape index (κ1) is 15.9.